The zero-order chi connectivity index (χ0) is 28.4. The first-order valence-corrected chi connectivity index (χ1v) is 13.2. The van der Waals surface area contributed by atoms with Gasteiger partial charge in [-0.25, -0.2) is 4.39 Å². The molecular weight excluding hydrogens is 509 g/mol. The number of carbonyl (C=O) groups is 3. The van der Waals surface area contributed by atoms with Crippen LogP contribution in [0.3, 0.4) is 0 Å². The molecule has 1 unspecified atom stereocenters. The molecule has 3 aliphatic carbocycles. The number of primary amides is 1. The molecule has 5 rings (SSSR count). The molecule has 0 aromatic heterocycles. The summed E-state index contributed by atoms with van der Waals surface area (Å²) < 4.78 is 15.9. The summed E-state index contributed by atoms with van der Waals surface area (Å²) in [7, 11) is 4.08. The number of likely N-dealkylation sites (tertiary alicyclic amines) is 1. The Balaban J connectivity index is 1.48. The van der Waals surface area contributed by atoms with E-state index in [0.29, 0.717) is 5.92 Å². The fraction of sp³-hybridized carbons (Fsp3) is 0.536. The summed E-state index contributed by atoms with van der Waals surface area (Å²) >= 11 is 0. The summed E-state index contributed by atoms with van der Waals surface area (Å²) in [6.45, 7) is 2.87. The number of fused-ring (bicyclic) bond motifs is 3. The molecule has 1 saturated heterocycles. The summed E-state index contributed by atoms with van der Waals surface area (Å²) in [4.78, 5) is 42.0. The minimum atomic E-state index is -2.64. The van der Waals surface area contributed by atoms with Gasteiger partial charge in [-0.1, -0.05) is 0 Å². The Labute approximate surface area is 225 Å². The number of piperidine rings is 1. The first-order valence-electron chi connectivity index (χ1n) is 13.2. The average molecular weight is 544 g/mol. The molecule has 1 saturated carbocycles. The highest BCUT2D eigenvalue weighted by atomic mass is 19.1. The predicted octanol–water partition coefficient (Wildman–Crippen LogP) is 1.34. The van der Waals surface area contributed by atoms with Gasteiger partial charge in [0, 0.05) is 42.1 Å². The number of hydrogen-bond donors (Lipinski definition) is 5. The largest absolute Gasteiger partial charge is 0.508 e. The topological polar surface area (TPSA) is 165 Å². The van der Waals surface area contributed by atoms with Crippen LogP contribution in [0.4, 0.5) is 4.39 Å². The van der Waals surface area contributed by atoms with Gasteiger partial charge in [0.15, 0.2) is 11.4 Å². The van der Waals surface area contributed by atoms with Crippen molar-refractivity contribution < 1.29 is 39.2 Å². The van der Waals surface area contributed by atoms with Crippen LogP contribution in [-0.4, -0.2) is 87.0 Å². The number of aromatic hydroxyl groups is 1. The van der Waals surface area contributed by atoms with Gasteiger partial charge in [0.2, 0.25) is 5.78 Å². The molecule has 1 aromatic rings. The highest BCUT2D eigenvalue weighted by Crippen LogP contribution is 2.52. The third-order valence-corrected chi connectivity index (χ3v) is 8.80. The second kappa shape index (κ2) is 9.72. The molecule has 0 radical (unpaired) electrons. The average Bonchev–Trinajstić information content (AvgIpc) is 2.85. The number of phenolic OH excluding ortho intramolecular Hbond substituents is 1. The van der Waals surface area contributed by atoms with Gasteiger partial charge in [0.25, 0.3) is 5.91 Å². The predicted molar refractivity (Wildman–Crippen MR) is 138 cm³/mol. The maximum atomic E-state index is 15.9. The lowest BCUT2D eigenvalue weighted by molar-refractivity contribution is -0.147. The quantitative estimate of drug-likeness (QED) is 0.345. The number of ketones is 2. The number of rotatable bonds is 5. The van der Waals surface area contributed by atoms with Gasteiger partial charge in [-0.15, -0.1) is 0 Å². The van der Waals surface area contributed by atoms with Gasteiger partial charge in [0.1, 0.15) is 28.7 Å². The number of benzene rings is 1. The van der Waals surface area contributed by atoms with Crippen LogP contribution in [0.15, 0.2) is 23.0 Å². The normalized spacial score (nSPS) is 28.0. The van der Waals surface area contributed by atoms with Crippen LogP contribution in [0.1, 0.15) is 42.4 Å². The number of hydrogen-bond acceptors (Lipinski definition) is 9. The van der Waals surface area contributed by atoms with Gasteiger partial charge in [-0.2, -0.15) is 0 Å². The molecule has 11 heteroatoms. The van der Waals surface area contributed by atoms with Crippen molar-refractivity contribution in [1.29, 1.82) is 0 Å². The SMILES string of the molecule is CN(C)CC1CCN(Cc2cc(O)c3c(c2F)CC2C[C@H]4CC(=O)C(C(N)=O)=C(O)[C@@]4(O)C(=O)C2=C3O)CC1. The van der Waals surface area contributed by atoms with Gasteiger partial charge < -0.3 is 31.1 Å². The standard InChI is InChI=1S/C28H34FN3O7/c1-31(2)11-13-3-5-32(6-4-13)12-15-9-18(33)21-17(23(15)29)8-14-7-16-10-19(34)22(27(30)38)26(37)28(16,39)25(36)20(14)24(21)35/h9,13-14,16,33,35,37,39H,3-8,10-12H2,1-2H3,(H2,30,38)/t14?,16-,28-/m0/s1. The molecule has 210 valence electrons. The summed E-state index contributed by atoms with van der Waals surface area (Å²) in [6, 6.07) is 1.25. The Morgan fingerprint density at radius 3 is 2.46 bits per heavy atom. The first-order chi connectivity index (χ1) is 18.3. The third-order valence-electron chi connectivity index (χ3n) is 8.80. The molecule has 1 amide bonds. The number of Topliss-reactive ketones (excluding diaryl/α,β-unsaturated/α-hetero) is 2. The summed E-state index contributed by atoms with van der Waals surface area (Å²) in [5.74, 6) is -7.25. The van der Waals surface area contributed by atoms with E-state index in [1.807, 2.05) is 14.1 Å². The van der Waals surface area contributed by atoms with E-state index in [2.05, 4.69) is 9.80 Å². The molecule has 0 spiro atoms. The van der Waals surface area contributed by atoms with E-state index >= 15 is 4.39 Å². The van der Waals surface area contributed by atoms with Crippen molar-refractivity contribution in [1.82, 2.24) is 9.80 Å². The maximum absolute atomic E-state index is 15.9. The molecule has 1 aliphatic heterocycles. The van der Waals surface area contributed by atoms with Crippen molar-refractivity contribution in [2.75, 3.05) is 33.7 Å². The third kappa shape index (κ3) is 4.32. The minimum absolute atomic E-state index is 0.0350. The minimum Gasteiger partial charge on any atom is -0.508 e. The van der Waals surface area contributed by atoms with Gasteiger partial charge >= 0.3 is 0 Å². The van der Waals surface area contributed by atoms with E-state index in [1.54, 1.807) is 0 Å². The number of nitrogens with two attached hydrogens (primary N) is 1. The van der Waals surface area contributed by atoms with Crippen LogP contribution in [0, 0.1) is 23.6 Å². The summed E-state index contributed by atoms with van der Waals surface area (Å²) in [6.07, 6.45) is 1.46. The van der Waals surface area contributed by atoms with E-state index in [-0.39, 0.29) is 41.6 Å². The van der Waals surface area contributed by atoms with E-state index in [1.165, 1.54) is 6.07 Å². The fourth-order valence-corrected chi connectivity index (χ4v) is 6.92. The molecule has 4 aliphatic rings. The molecule has 39 heavy (non-hydrogen) atoms. The zero-order valence-electron chi connectivity index (χ0n) is 22.0. The first kappa shape index (κ1) is 27.3. The van der Waals surface area contributed by atoms with Crippen molar-refractivity contribution >= 4 is 23.2 Å². The van der Waals surface area contributed by atoms with Crippen molar-refractivity contribution in [2.24, 2.45) is 23.5 Å². The Kier molecular flexibility index (Phi) is 6.80. The lowest BCUT2D eigenvalue weighted by Crippen LogP contribution is -2.58. The second-order valence-electron chi connectivity index (χ2n) is 11.6. The van der Waals surface area contributed by atoms with Crippen molar-refractivity contribution in [3.05, 3.63) is 45.5 Å². The van der Waals surface area contributed by atoms with Gasteiger partial charge in [-0.3, -0.25) is 19.3 Å². The van der Waals surface area contributed by atoms with Crippen molar-refractivity contribution in [2.45, 2.75) is 44.2 Å². The van der Waals surface area contributed by atoms with Crippen LogP contribution in [0.25, 0.3) is 5.76 Å². The molecule has 1 aromatic carbocycles. The number of phenols is 1. The Morgan fingerprint density at radius 1 is 1.18 bits per heavy atom. The van der Waals surface area contributed by atoms with Crippen molar-refractivity contribution in [3.8, 4) is 5.75 Å². The second-order valence-corrected chi connectivity index (χ2v) is 11.6. The van der Waals surface area contributed by atoms with Crippen molar-refractivity contribution in [3.63, 3.8) is 0 Å². The highest BCUT2D eigenvalue weighted by molar-refractivity contribution is 6.22. The monoisotopic (exact) mass is 543 g/mol. The van der Waals surface area contributed by atoms with Gasteiger partial charge in [0.05, 0.1) is 5.56 Å². The van der Waals surface area contributed by atoms with Gasteiger partial charge in [-0.05, 0) is 70.8 Å². The Morgan fingerprint density at radius 2 is 1.85 bits per heavy atom. The molecule has 10 nitrogen and oxygen atoms in total. The molecule has 1 heterocycles. The maximum Gasteiger partial charge on any atom is 0.255 e. The zero-order valence-corrected chi connectivity index (χ0v) is 22.0. The summed E-state index contributed by atoms with van der Waals surface area (Å²) in [5.41, 5.74) is 1.56. The number of amides is 1. The van der Waals surface area contributed by atoms with E-state index in [4.69, 9.17) is 5.73 Å². The number of carbonyl (C=O) groups excluding carboxylic acids is 3. The summed E-state index contributed by atoms with van der Waals surface area (Å²) in [5, 5.41) is 43.9. The van der Waals surface area contributed by atoms with Crippen LogP contribution < -0.4 is 5.73 Å². The molecule has 0 bridgehead atoms. The van der Waals surface area contributed by atoms with Crippen LogP contribution in [0.5, 0.6) is 5.75 Å². The van der Waals surface area contributed by atoms with E-state index in [9.17, 15) is 34.8 Å². The number of nitrogens with zero attached hydrogens (tertiary/aromatic N) is 2. The van der Waals surface area contributed by atoms with E-state index < -0.39 is 70.0 Å². The van der Waals surface area contributed by atoms with Crippen LogP contribution in [0.2, 0.25) is 0 Å². The smallest absolute Gasteiger partial charge is 0.255 e. The highest BCUT2D eigenvalue weighted by Gasteiger charge is 2.60. The molecular formula is C28H34FN3O7. The van der Waals surface area contributed by atoms with Crippen LogP contribution in [-0.2, 0) is 27.3 Å². The lowest BCUT2D eigenvalue weighted by Gasteiger charge is -2.46. The van der Waals surface area contributed by atoms with Crippen LogP contribution >= 0.6 is 0 Å². The molecule has 2 fully saturated rings. The lowest BCUT2D eigenvalue weighted by atomic mass is 9.59. The number of aliphatic hydroxyl groups excluding tert-OH is 2. The number of aliphatic hydroxyl groups is 3. The Hall–Kier alpha value is -3.28. The Bertz CT molecular complexity index is 1330. The fourth-order valence-electron chi connectivity index (χ4n) is 6.92. The molecule has 6 N–H and O–H groups in total. The van der Waals surface area contributed by atoms with E-state index in [0.717, 1.165) is 32.5 Å². The number of halogens is 1. The molecule has 3 atom stereocenters.